The number of hydrogen-bond donors (Lipinski definition) is 0. The van der Waals surface area contributed by atoms with Crippen LogP contribution in [0.2, 0.25) is 10.6 Å². The maximum atomic E-state index is 6.00. The molecule has 0 aliphatic carbocycles. The van der Waals surface area contributed by atoms with Gasteiger partial charge in [0.2, 0.25) is 0 Å². The molecule has 0 N–H and O–H groups in total. The Morgan fingerprint density at radius 1 is 1.07 bits per heavy atom. The third kappa shape index (κ3) is 5.39. The van der Waals surface area contributed by atoms with Gasteiger partial charge < -0.3 is 4.74 Å². The van der Waals surface area contributed by atoms with Gasteiger partial charge >= 0.3 is 14.1 Å². The van der Waals surface area contributed by atoms with E-state index in [1.165, 1.54) is 29.8 Å². The maximum absolute atomic E-state index is 6.00. The molecule has 1 atom stereocenters. The van der Waals surface area contributed by atoms with Gasteiger partial charge in [0.1, 0.15) is 0 Å². The smallest absolute Gasteiger partial charge is 0.306 e. The fourth-order valence-electron chi connectivity index (χ4n) is 2.75. The van der Waals surface area contributed by atoms with Crippen LogP contribution in [0.1, 0.15) is 47.0 Å². The van der Waals surface area contributed by atoms with Crippen molar-refractivity contribution < 1.29 is 4.74 Å². The van der Waals surface area contributed by atoms with Gasteiger partial charge in [-0.3, -0.25) is 0 Å². The summed E-state index contributed by atoms with van der Waals surface area (Å²) < 4.78 is 6.00. The molecule has 1 fully saturated rings. The summed E-state index contributed by atoms with van der Waals surface area (Å²) in [4.78, 5) is 0.698. The van der Waals surface area contributed by atoms with E-state index in [0.29, 0.717) is 4.97 Å². The Bertz CT molecular complexity index is 152. The second-order valence-electron chi connectivity index (χ2n) is 5.92. The highest BCUT2D eigenvalue weighted by Gasteiger charge is 2.31. The molecule has 88 valence electrons. The molecule has 0 amide bonds. The summed E-state index contributed by atoms with van der Waals surface area (Å²) in [6.07, 6.45) is 4.06. The third-order valence-electron chi connectivity index (χ3n) is 3.29. The van der Waals surface area contributed by atoms with E-state index < -0.39 is 14.1 Å². The topological polar surface area (TPSA) is 9.23 Å². The van der Waals surface area contributed by atoms with E-state index in [0.717, 1.165) is 18.4 Å². The van der Waals surface area contributed by atoms with E-state index in [4.69, 9.17) is 4.74 Å². The van der Waals surface area contributed by atoms with Crippen LogP contribution in [0.15, 0.2) is 0 Å². The lowest BCUT2D eigenvalue weighted by molar-refractivity contribution is 0.0614. The minimum atomic E-state index is -0.653. The summed E-state index contributed by atoms with van der Waals surface area (Å²) in [6.45, 7) is 10.5. The molecule has 15 heavy (non-hydrogen) atoms. The van der Waals surface area contributed by atoms with Gasteiger partial charge in [0.05, 0.1) is 0 Å². The summed E-state index contributed by atoms with van der Waals surface area (Å²) in [7, 11) is 0. The van der Waals surface area contributed by atoms with E-state index in [9.17, 15) is 0 Å². The van der Waals surface area contributed by atoms with Crippen molar-refractivity contribution in [2.45, 2.75) is 62.5 Å². The van der Waals surface area contributed by atoms with E-state index in [-0.39, 0.29) is 0 Å². The molecule has 1 rings (SSSR count). The number of hydrogen-bond acceptors (Lipinski definition) is 1. The lowest BCUT2D eigenvalue weighted by Crippen LogP contribution is -2.37. The zero-order chi connectivity index (χ0) is 11.3. The molecule has 1 aliphatic heterocycles. The monoisotopic (exact) mass is 226 g/mol. The summed E-state index contributed by atoms with van der Waals surface area (Å²) in [5, 5.41) is 2.95. The first-order chi connectivity index (χ1) is 7.09. The SMILES string of the molecule is CC(C)[CH2][Al]([CH2]C(C)C)[CH]1CCCCO1. The Morgan fingerprint density at radius 2 is 1.67 bits per heavy atom. The van der Waals surface area contributed by atoms with Crippen LogP contribution in [0.3, 0.4) is 0 Å². The Hall–Kier alpha value is 0.492. The lowest BCUT2D eigenvalue weighted by Gasteiger charge is -2.29. The van der Waals surface area contributed by atoms with Gasteiger partial charge in [-0.15, -0.1) is 0 Å². The molecule has 1 aliphatic rings. The fraction of sp³-hybridized carbons (Fsp3) is 1.00. The molecule has 0 bridgehead atoms. The average Bonchev–Trinajstić information content (AvgIpc) is 2.17. The molecule has 1 heterocycles. The van der Waals surface area contributed by atoms with Gasteiger partial charge in [-0.2, -0.15) is 0 Å². The van der Waals surface area contributed by atoms with Gasteiger partial charge in [0, 0.05) is 11.6 Å². The van der Waals surface area contributed by atoms with Crippen LogP contribution in [0, 0.1) is 11.8 Å². The number of ether oxygens (including phenoxy) is 1. The first-order valence-electron chi connectivity index (χ1n) is 6.71. The van der Waals surface area contributed by atoms with Crippen molar-refractivity contribution in [1.29, 1.82) is 0 Å². The first-order valence-corrected chi connectivity index (χ1v) is 9.01. The Morgan fingerprint density at radius 3 is 2.07 bits per heavy atom. The van der Waals surface area contributed by atoms with E-state index >= 15 is 0 Å². The van der Waals surface area contributed by atoms with Gasteiger partial charge in [-0.25, -0.2) is 0 Å². The molecule has 0 saturated carbocycles. The predicted molar refractivity (Wildman–Crippen MR) is 68.6 cm³/mol. The highest BCUT2D eigenvalue weighted by Crippen LogP contribution is 2.24. The molecule has 1 nitrogen and oxygen atoms in total. The zero-order valence-electron chi connectivity index (χ0n) is 11.0. The molecule has 1 unspecified atom stereocenters. The quantitative estimate of drug-likeness (QED) is 0.646. The van der Waals surface area contributed by atoms with Gasteiger partial charge in [-0.1, -0.05) is 50.1 Å². The second kappa shape index (κ2) is 6.94. The Balaban J connectivity index is 2.45. The molecule has 2 heteroatoms. The van der Waals surface area contributed by atoms with Crippen LogP contribution in [0.5, 0.6) is 0 Å². The van der Waals surface area contributed by atoms with E-state index in [1.54, 1.807) is 0 Å². The van der Waals surface area contributed by atoms with Gasteiger partial charge in [0.25, 0.3) is 0 Å². The Kier molecular flexibility index (Phi) is 6.28. The summed E-state index contributed by atoms with van der Waals surface area (Å²) >= 11 is -0.653. The van der Waals surface area contributed by atoms with Crippen LogP contribution < -0.4 is 0 Å². The second-order valence-corrected chi connectivity index (χ2v) is 9.13. The van der Waals surface area contributed by atoms with Gasteiger partial charge in [0.15, 0.2) is 0 Å². The molecule has 0 aromatic heterocycles. The van der Waals surface area contributed by atoms with Crippen LogP contribution in [-0.4, -0.2) is 25.7 Å². The van der Waals surface area contributed by atoms with Crippen molar-refractivity contribution in [3.63, 3.8) is 0 Å². The summed E-state index contributed by atoms with van der Waals surface area (Å²) in [5.41, 5.74) is 0. The largest absolute Gasteiger partial charge is 0.393 e. The van der Waals surface area contributed by atoms with Crippen molar-refractivity contribution in [2.24, 2.45) is 11.8 Å². The maximum Gasteiger partial charge on any atom is 0.306 e. The van der Waals surface area contributed by atoms with E-state index in [2.05, 4.69) is 27.7 Å². The number of rotatable bonds is 5. The molecule has 0 radical (unpaired) electrons. The van der Waals surface area contributed by atoms with Crippen molar-refractivity contribution in [2.75, 3.05) is 6.61 Å². The molecule has 0 aromatic rings. The Labute approximate surface area is 100.0 Å². The van der Waals surface area contributed by atoms with Crippen LogP contribution in [-0.2, 0) is 4.74 Å². The average molecular weight is 226 g/mol. The highest BCUT2D eigenvalue weighted by molar-refractivity contribution is 6.60. The molecule has 0 aromatic carbocycles. The fourth-order valence-corrected chi connectivity index (χ4v) is 7.09. The minimum Gasteiger partial charge on any atom is -0.393 e. The van der Waals surface area contributed by atoms with E-state index in [1.807, 2.05) is 0 Å². The standard InChI is InChI=1S/C5H9O.2C4H9.Al/c1-2-4-6-5-3-1;2*1-4(2)3;/h4H,1-3,5H2;2*4H,1H2,2-3H3;. The van der Waals surface area contributed by atoms with Crippen molar-refractivity contribution >= 4 is 14.1 Å². The van der Waals surface area contributed by atoms with Crippen molar-refractivity contribution in [1.82, 2.24) is 0 Å². The van der Waals surface area contributed by atoms with Crippen LogP contribution >= 0.6 is 0 Å². The molecular formula is C13H27AlO. The lowest BCUT2D eigenvalue weighted by atomic mass is 10.2. The predicted octanol–water partition coefficient (Wildman–Crippen LogP) is 3.90. The van der Waals surface area contributed by atoms with Crippen LogP contribution in [0.4, 0.5) is 0 Å². The molecular weight excluding hydrogens is 199 g/mol. The summed E-state index contributed by atoms with van der Waals surface area (Å²) in [6, 6.07) is 0. The molecule has 1 saturated heterocycles. The molecule has 0 spiro atoms. The minimum absolute atomic E-state index is 0.653. The van der Waals surface area contributed by atoms with Gasteiger partial charge in [-0.05, 0) is 19.3 Å². The first kappa shape index (κ1) is 13.6. The summed E-state index contributed by atoms with van der Waals surface area (Å²) in [5.74, 6) is 1.73. The third-order valence-corrected chi connectivity index (χ3v) is 7.96. The van der Waals surface area contributed by atoms with Crippen molar-refractivity contribution in [3.05, 3.63) is 0 Å². The van der Waals surface area contributed by atoms with Crippen molar-refractivity contribution in [3.8, 4) is 0 Å². The van der Waals surface area contributed by atoms with Crippen LogP contribution in [0.25, 0.3) is 0 Å². The highest BCUT2D eigenvalue weighted by atomic mass is 27.2. The zero-order valence-corrected chi connectivity index (χ0v) is 12.1. The normalized spacial score (nSPS) is 22.4.